The Labute approximate surface area is 62.8 Å². The Kier molecular flexibility index (Phi) is 1.10. The number of rotatable bonds is 0. The fraction of sp³-hybridized carbons (Fsp3) is 0.200. The lowest BCUT2D eigenvalue weighted by molar-refractivity contribution is 1.29. The standard InChI is InChI=1S/C5H4N4S/c10-5-8-3-1-6-2-7-4(3)9-5/h2H,1H2,(H,6,7,9,10). The summed E-state index contributed by atoms with van der Waals surface area (Å²) in [5.41, 5.74) is 0.840. The number of thiocarbonyl (C=S) groups is 1. The molecule has 2 aliphatic rings. The maximum atomic E-state index is 4.80. The largest absolute Gasteiger partial charge is 0.314 e. The molecular formula is C5H4N4S. The highest BCUT2D eigenvalue weighted by Gasteiger charge is 2.18. The molecule has 10 heavy (non-hydrogen) atoms. The summed E-state index contributed by atoms with van der Waals surface area (Å²) in [4.78, 5) is 11.9. The van der Waals surface area contributed by atoms with Crippen LogP contribution in [0, 0.1) is 0 Å². The van der Waals surface area contributed by atoms with Crippen LogP contribution >= 0.6 is 12.2 Å². The molecule has 50 valence electrons. The zero-order valence-electron chi connectivity index (χ0n) is 5.03. The fourth-order valence-corrected chi connectivity index (χ4v) is 1.03. The highest BCUT2D eigenvalue weighted by atomic mass is 32.1. The van der Waals surface area contributed by atoms with Crippen molar-refractivity contribution in [3.63, 3.8) is 0 Å². The molecule has 0 spiro atoms. The van der Waals surface area contributed by atoms with Crippen LogP contribution in [0.3, 0.4) is 0 Å². The van der Waals surface area contributed by atoms with E-state index in [0.29, 0.717) is 11.7 Å². The second-order valence-electron chi connectivity index (χ2n) is 1.92. The van der Waals surface area contributed by atoms with E-state index in [1.54, 1.807) is 0 Å². The van der Waals surface area contributed by atoms with E-state index in [1.165, 1.54) is 6.34 Å². The molecule has 0 aliphatic carbocycles. The van der Waals surface area contributed by atoms with Gasteiger partial charge in [0.05, 0.1) is 6.54 Å². The van der Waals surface area contributed by atoms with Crippen LogP contribution in [0.5, 0.6) is 0 Å². The van der Waals surface area contributed by atoms with E-state index in [-0.39, 0.29) is 0 Å². The Balaban J connectivity index is 2.41. The summed E-state index contributed by atoms with van der Waals surface area (Å²) in [6.45, 7) is 0.589. The predicted octanol–water partition coefficient (Wildman–Crippen LogP) is -0.244. The summed E-state index contributed by atoms with van der Waals surface area (Å²) in [6, 6.07) is 0. The van der Waals surface area contributed by atoms with Crippen LogP contribution < -0.4 is 5.32 Å². The number of fused-ring (bicyclic) bond motifs is 1. The lowest BCUT2D eigenvalue weighted by atomic mass is 10.3. The van der Waals surface area contributed by atoms with Gasteiger partial charge in [-0.3, -0.25) is 4.99 Å². The summed E-state index contributed by atoms with van der Waals surface area (Å²) in [6.07, 6.45) is 1.51. The molecule has 4 nitrogen and oxygen atoms in total. The minimum absolute atomic E-state index is 0.485. The Morgan fingerprint density at radius 3 is 3.30 bits per heavy atom. The molecule has 0 radical (unpaired) electrons. The first-order chi connectivity index (χ1) is 4.86. The first-order valence-corrected chi connectivity index (χ1v) is 3.22. The van der Waals surface area contributed by atoms with Gasteiger partial charge in [0.25, 0.3) is 0 Å². The molecule has 1 N–H and O–H groups in total. The van der Waals surface area contributed by atoms with Crippen LogP contribution in [0.2, 0.25) is 0 Å². The fourth-order valence-electron chi connectivity index (χ4n) is 0.820. The Hall–Kier alpha value is -1.10. The highest BCUT2D eigenvalue weighted by Crippen LogP contribution is 1.98. The number of nitrogens with one attached hydrogen (secondary N) is 1. The maximum Gasteiger partial charge on any atom is 0.198 e. The van der Waals surface area contributed by atoms with Crippen LogP contribution in [0.1, 0.15) is 0 Å². The molecule has 0 aromatic heterocycles. The molecule has 0 saturated carbocycles. The molecule has 0 aromatic rings. The molecule has 2 heterocycles. The lowest BCUT2D eigenvalue weighted by Crippen LogP contribution is -2.28. The molecule has 0 amide bonds. The molecule has 2 rings (SSSR count). The molecule has 2 aliphatic heterocycles. The number of hydrogen-bond donors (Lipinski definition) is 1. The van der Waals surface area contributed by atoms with Crippen molar-refractivity contribution in [3.8, 4) is 0 Å². The van der Waals surface area contributed by atoms with E-state index in [0.717, 1.165) is 11.5 Å². The van der Waals surface area contributed by atoms with Crippen molar-refractivity contribution in [3.05, 3.63) is 0 Å². The van der Waals surface area contributed by atoms with Gasteiger partial charge in [-0.15, -0.1) is 0 Å². The Morgan fingerprint density at radius 1 is 1.60 bits per heavy atom. The van der Waals surface area contributed by atoms with Crippen molar-refractivity contribution in [1.29, 1.82) is 0 Å². The molecule has 0 aromatic carbocycles. The molecule has 5 heteroatoms. The van der Waals surface area contributed by atoms with E-state index in [1.807, 2.05) is 0 Å². The van der Waals surface area contributed by atoms with E-state index in [4.69, 9.17) is 12.2 Å². The highest BCUT2D eigenvalue weighted by molar-refractivity contribution is 7.80. The van der Waals surface area contributed by atoms with Gasteiger partial charge < -0.3 is 5.32 Å². The first-order valence-electron chi connectivity index (χ1n) is 2.81. The Morgan fingerprint density at radius 2 is 2.50 bits per heavy atom. The molecule has 0 fully saturated rings. The van der Waals surface area contributed by atoms with Crippen molar-refractivity contribution >= 4 is 35.2 Å². The van der Waals surface area contributed by atoms with Crippen molar-refractivity contribution in [2.45, 2.75) is 0 Å². The van der Waals surface area contributed by atoms with Crippen LogP contribution in [-0.2, 0) is 0 Å². The van der Waals surface area contributed by atoms with Gasteiger partial charge in [-0.1, -0.05) is 0 Å². The zero-order chi connectivity index (χ0) is 6.97. The van der Waals surface area contributed by atoms with Gasteiger partial charge in [0, 0.05) is 0 Å². The molecule has 0 atom stereocenters. The minimum atomic E-state index is 0.485. The van der Waals surface area contributed by atoms with Crippen molar-refractivity contribution < 1.29 is 0 Å². The number of aliphatic imine (C=N–C) groups is 3. The van der Waals surface area contributed by atoms with Gasteiger partial charge in [-0.25, -0.2) is 9.98 Å². The van der Waals surface area contributed by atoms with Crippen molar-refractivity contribution in [2.24, 2.45) is 15.0 Å². The third-order valence-corrected chi connectivity index (χ3v) is 1.44. The third kappa shape index (κ3) is 0.750. The minimum Gasteiger partial charge on any atom is -0.314 e. The maximum absolute atomic E-state index is 4.80. The van der Waals surface area contributed by atoms with Gasteiger partial charge >= 0.3 is 0 Å². The van der Waals surface area contributed by atoms with Gasteiger partial charge in [0.1, 0.15) is 12.1 Å². The Bertz CT molecular complexity index is 275. The monoisotopic (exact) mass is 152 g/mol. The summed E-state index contributed by atoms with van der Waals surface area (Å²) in [7, 11) is 0. The van der Waals surface area contributed by atoms with Gasteiger partial charge in [-0.2, -0.15) is 0 Å². The van der Waals surface area contributed by atoms with E-state index >= 15 is 0 Å². The lowest BCUT2D eigenvalue weighted by Gasteiger charge is -2.00. The number of hydrogen-bond acceptors (Lipinski definition) is 3. The van der Waals surface area contributed by atoms with Gasteiger partial charge in [-0.05, 0) is 12.2 Å². The number of nitrogens with zero attached hydrogens (tertiary/aromatic N) is 3. The molecule has 0 bridgehead atoms. The molecule has 0 unspecified atom stereocenters. The zero-order valence-corrected chi connectivity index (χ0v) is 5.85. The van der Waals surface area contributed by atoms with Crippen LogP contribution in [-0.4, -0.2) is 29.5 Å². The van der Waals surface area contributed by atoms with E-state index < -0.39 is 0 Å². The van der Waals surface area contributed by atoms with Crippen molar-refractivity contribution in [2.75, 3.05) is 6.54 Å². The van der Waals surface area contributed by atoms with Crippen molar-refractivity contribution in [1.82, 2.24) is 5.32 Å². The SMILES string of the molecule is S=C1N=C2CN=CN=C2N1. The van der Waals surface area contributed by atoms with Gasteiger partial charge in [0.2, 0.25) is 0 Å². The summed E-state index contributed by atoms with van der Waals surface area (Å²) < 4.78 is 0. The molecular weight excluding hydrogens is 148 g/mol. The number of amidine groups is 1. The summed E-state index contributed by atoms with van der Waals surface area (Å²) >= 11 is 4.80. The van der Waals surface area contributed by atoms with Crippen LogP contribution in [0.4, 0.5) is 0 Å². The van der Waals surface area contributed by atoms with E-state index in [9.17, 15) is 0 Å². The summed E-state index contributed by atoms with van der Waals surface area (Å²) in [5.74, 6) is 0.750. The summed E-state index contributed by atoms with van der Waals surface area (Å²) in [5, 5.41) is 3.33. The first kappa shape index (κ1) is 5.67. The quantitative estimate of drug-likeness (QED) is 0.487. The smallest absolute Gasteiger partial charge is 0.198 e. The second-order valence-corrected chi connectivity index (χ2v) is 2.31. The van der Waals surface area contributed by atoms with Crippen LogP contribution in [0.15, 0.2) is 15.0 Å². The normalized spacial score (nSPS) is 21.4. The second kappa shape index (κ2) is 1.95. The van der Waals surface area contributed by atoms with Crippen LogP contribution in [0.25, 0.3) is 0 Å². The average Bonchev–Trinajstić information content (AvgIpc) is 2.27. The molecule has 0 saturated heterocycles. The topological polar surface area (TPSA) is 49.1 Å². The van der Waals surface area contributed by atoms with Gasteiger partial charge in [0.15, 0.2) is 10.9 Å². The average molecular weight is 152 g/mol. The third-order valence-electron chi connectivity index (χ3n) is 1.24. The van der Waals surface area contributed by atoms with E-state index in [2.05, 4.69) is 20.3 Å². The predicted molar refractivity (Wildman–Crippen MR) is 44.0 cm³/mol.